The summed E-state index contributed by atoms with van der Waals surface area (Å²) in [5, 5.41) is 3.74. The Morgan fingerprint density at radius 1 is 1.53 bits per heavy atom. The van der Waals surface area contributed by atoms with E-state index in [-0.39, 0.29) is 0 Å². The molecule has 76 valence electrons. The predicted molar refractivity (Wildman–Crippen MR) is 61.6 cm³/mol. The van der Waals surface area contributed by atoms with E-state index in [1.807, 2.05) is 18.2 Å². The van der Waals surface area contributed by atoms with Crippen molar-refractivity contribution in [1.82, 2.24) is 0 Å². The van der Waals surface area contributed by atoms with E-state index in [1.54, 1.807) is 11.8 Å². The van der Waals surface area contributed by atoms with E-state index in [4.69, 9.17) is 0 Å². The van der Waals surface area contributed by atoms with Gasteiger partial charge in [-0.05, 0) is 30.0 Å². The first-order valence-electron chi connectivity index (χ1n) is 4.72. The third-order valence-corrected chi connectivity index (χ3v) is 3.58. The Balaban J connectivity index is 2.02. The maximum Gasteiger partial charge on any atom is 0.211 e. The van der Waals surface area contributed by atoms with Crippen molar-refractivity contribution < 1.29 is 4.79 Å². The van der Waals surface area contributed by atoms with Gasteiger partial charge in [0.2, 0.25) is 6.41 Å². The molecule has 2 aliphatic heterocycles. The summed E-state index contributed by atoms with van der Waals surface area (Å²) < 4.78 is 0. The van der Waals surface area contributed by atoms with E-state index >= 15 is 0 Å². The monoisotopic (exact) mass is 219 g/mol. The number of aliphatic imine (C=N–C) groups is 1. The largest absolute Gasteiger partial charge is 0.329 e. The van der Waals surface area contributed by atoms with E-state index < -0.39 is 0 Å². The number of carbonyl (C=O) groups is 1. The molecule has 0 saturated heterocycles. The second-order valence-electron chi connectivity index (χ2n) is 3.36. The fraction of sp³-hybridized carbons (Fsp3) is 0.200. The molecule has 0 saturated carbocycles. The molecular formula is C10H9N3OS. The van der Waals surface area contributed by atoms with Gasteiger partial charge >= 0.3 is 0 Å². The van der Waals surface area contributed by atoms with Crippen molar-refractivity contribution in [3.8, 4) is 0 Å². The van der Waals surface area contributed by atoms with Crippen LogP contribution in [0.15, 0.2) is 28.1 Å². The molecule has 3 rings (SSSR count). The maximum atomic E-state index is 10.3. The number of hydrogen-bond acceptors (Lipinski definition) is 4. The number of anilines is 2. The van der Waals surface area contributed by atoms with Gasteiger partial charge in [0, 0.05) is 17.1 Å². The van der Waals surface area contributed by atoms with Crippen molar-refractivity contribution in [2.24, 2.45) is 4.99 Å². The van der Waals surface area contributed by atoms with Crippen LogP contribution in [-0.4, -0.2) is 24.7 Å². The first kappa shape index (κ1) is 8.79. The molecule has 0 fully saturated rings. The van der Waals surface area contributed by atoms with Gasteiger partial charge in [-0.25, -0.2) is 0 Å². The van der Waals surface area contributed by atoms with Crippen LogP contribution in [0.5, 0.6) is 0 Å². The lowest BCUT2D eigenvalue weighted by Gasteiger charge is -2.12. The van der Waals surface area contributed by atoms with Crippen molar-refractivity contribution >= 4 is 34.7 Å². The zero-order chi connectivity index (χ0) is 10.3. The number of amidine groups is 1. The molecule has 0 radical (unpaired) electrons. The quantitative estimate of drug-likeness (QED) is 0.767. The molecule has 0 spiro atoms. The highest BCUT2D eigenvalue weighted by Crippen LogP contribution is 2.42. The lowest BCUT2D eigenvalue weighted by Crippen LogP contribution is -2.20. The van der Waals surface area contributed by atoms with Crippen molar-refractivity contribution in [2.75, 3.05) is 23.3 Å². The summed E-state index contributed by atoms with van der Waals surface area (Å²) in [6.45, 7) is 1.81. The first-order valence-corrected chi connectivity index (χ1v) is 5.54. The number of thioether (sulfide) groups is 1. The summed E-state index contributed by atoms with van der Waals surface area (Å²) in [7, 11) is 0. The number of fused-ring (bicyclic) bond motifs is 3. The molecule has 15 heavy (non-hydrogen) atoms. The summed E-state index contributed by atoms with van der Waals surface area (Å²) in [5.74, 6) is 0. The average Bonchev–Trinajstić information content (AvgIpc) is 2.78. The molecule has 1 aromatic rings. The standard InChI is InChI=1S/C10H9N3OS/c14-6-12-7-1-2-9-8(5-7)13-4-3-11-10(13)15-9/h1-2,5-6H,3-4H2,(H,12,14). The number of carbonyl (C=O) groups excluding carboxylic acids is 1. The van der Waals surface area contributed by atoms with Crippen LogP contribution in [0.4, 0.5) is 11.4 Å². The van der Waals surface area contributed by atoms with Crippen LogP contribution < -0.4 is 10.2 Å². The van der Waals surface area contributed by atoms with Crippen LogP contribution in [0, 0.1) is 0 Å². The molecule has 0 aromatic heterocycles. The third kappa shape index (κ3) is 1.31. The Kier molecular flexibility index (Phi) is 1.92. The van der Waals surface area contributed by atoms with Gasteiger partial charge in [0.1, 0.15) is 0 Å². The number of amides is 1. The zero-order valence-electron chi connectivity index (χ0n) is 7.93. The van der Waals surface area contributed by atoms with E-state index in [1.165, 1.54) is 4.90 Å². The fourth-order valence-corrected chi connectivity index (χ4v) is 2.87. The van der Waals surface area contributed by atoms with Crippen LogP contribution in [0.3, 0.4) is 0 Å². The highest BCUT2D eigenvalue weighted by Gasteiger charge is 2.29. The topological polar surface area (TPSA) is 44.7 Å². The van der Waals surface area contributed by atoms with E-state index in [0.717, 1.165) is 29.6 Å². The van der Waals surface area contributed by atoms with Crippen LogP contribution >= 0.6 is 11.8 Å². The molecule has 0 atom stereocenters. The second kappa shape index (κ2) is 3.27. The zero-order valence-corrected chi connectivity index (χ0v) is 8.75. The predicted octanol–water partition coefficient (Wildman–Crippen LogP) is 1.54. The second-order valence-corrected chi connectivity index (χ2v) is 4.37. The van der Waals surface area contributed by atoms with Crippen LogP contribution in [0.1, 0.15) is 0 Å². The van der Waals surface area contributed by atoms with Crippen molar-refractivity contribution in [2.45, 2.75) is 4.90 Å². The van der Waals surface area contributed by atoms with Crippen LogP contribution in [0.2, 0.25) is 0 Å². The van der Waals surface area contributed by atoms with Gasteiger partial charge in [0.25, 0.3) is 0 Å². The molecule has 2 aliphatic rings. The summed E-state index contributed by atoms with van der Waals surface area (Å²) >= 11 is 1.69. The molecule has 1 N–H and O–H groups in total. The molecule has 0 bridgehead atoms. The minimum Gasteiger partial charge on any atom is -0.329 e. The molecule has 0 unspecified atom stereocenters. The SMILES string of the molecule is O=CNc1ccc2c(c1)N1CCN=C1S2. The molecule has 4 nitrogen and oxygen atoms in total. The van der Waals surface area contributed by atoms with Gasteiger partial charge < -0.3 is 10.2 Å². The minimum absolute atomic E-state index is 0.697. The summed E-state index contributed by atoms with van der Waals surface area (Å²) in [6, 6.07) is 5.92. The molecular weight excluding hydrogens is 210 g/mol. The fourth-order valence-electron chi connectivity index (χ4n) is 1.81. The average molecular weight is 219 g/mol. The number of benzene rings is 1. The minimum atomic E-state index is 0.697. The molecule has 0 aliphatic carbocycles. The third-order valence-electron chi connectivity index (χ3n) is 2.48. The van der Waals surface area contributed by atoms with Crippen LogP contribution in [0.25, 0.3) is 0 Å². The van der Waals surface area contributed by atoms with Gasteiger partial charge in [0.15, 0.2) is 5.17 Å². The number of nitrogens with one attached hydrogen (secondary N) is 1. The maximum absolute atomic E-state index is 10.3. The van der Waals surface area contributed by atoms with Gasteiger partial charge in [-0.3, -0.25) is 9.79 Å². The van der Waals surface area contributed by atoms with Gasteiger partial charge in [-0.15, -0.1) is 0 Å². The number of rotatable bonds is 2. The van der Waals surface area contributed by atoms with E-state index in [9.17, 15) is 4.79 Å². The highest BCUT2D eigenvalue weighted by atomic mass is 32.2. The highest BCUT2D eigenvalue weighted by molar-refractivity contribution is 8.14. The van der Waals surface area contributed by atoms with Crippen LogP contribution in [-0.2, 0) is 4.79 Å². The van der Waals surface area contributed by atoms with Crippen molar-refractivity contribution in [3.05, 3.63) is 18.2 Å². The molecule has 1 aromatic carbocycles. The lowest BCUT2D eigenvalue weighted by molar-refractivity contribution is -0.105. The first-order chi connectivity index (χ1) is 7.38. The van der Waals surface area contributed by atoms with Gasteiger partial charge in [-0.2, -0.15) is 0 Å². The number of nitrogens with zero attached hydrogens (tertiary/aromatic N) is 2. The Morgan fingerprint density at radius 2 is 2.47 bits per heavy atom. The molecule has 1 amide bonds. The Hall–Kier alpha value is -1.49. The van der Waals surface area contributed by atoms with Crippen molar-refractivity contribution in [1.29, 1.82) is 0 Å². The summed E-state index contributed by atoms with van der Waals surface area (Å²) in [5.41, 5.74) is 1.99. The van der Waals surface area contributed by atoms with E-state index in [2.05, 4.69) is 15.2 Å². The normalized spacial score (nSPS) is 17.1. The molecule has 2 heterocycles. The van der Waals surface area contributed by atoms with Crippen molar-refractivity contribution in [3.63, 3.8) is 0 Å². The van der Waals surface area contributed by atoms with Gasteiger partial charge in [-0.1, -0.05) is 0 Å². The lowest BCUT2D eigenvalue weighted by atomic mass is 10.2. The molecule has 5 heteroatoms. The summed E-state index contributed by atoms with van der Waals surface area (Å²) in [4.78, 5) is 18.2. The Labute approximate surface area is 91.4 Å². The smallest absolute Gasteiger partial charge is 0.211 e. The Bertz CT molecular complexity index is 458. The number of hydrogen-bond donors (Lipinski definition) is 1. The summed E-state index contributed by atoms with van der Waals surface area (Å²) in [6.07, 6.45) is 0.697. The van der Waals surface area contributed by atoms with E-state index in [0.29, 0.717) is 6.41 Å². The Morgan fingerprint density at radius 3 is 3.33 bits per heavy atom. The van der Waals surface area contributed by atoms with Gasteiger partial charge in [0.05, 0.1) is 12.2 Å².